The number of carbonyl (C=O) groups is 1. The van der Waals surface area contributed by atoms with Gasteiger partial charge in [-0.05, 0) is 23.9 Å². The second kappa shape index (κ2) is 4.22. The van der Waals surface area contributed by atoms with Crippen molar-refractivity contribution >= 4 is 17.3 Å². The van der Waals surface area contributed by atoms with E-state index in [1.807, 2.05) is 0 Å². The molecule has 0 aliphatic rings. The summed E-state index contributed by atoms with van der Waals surface area (Å²) in [6, 6.07) is 1.38. The second-order valence-electron chi connectivity index (χ2n) is 3.22. The average molecular weight is 238 g/mol. The van der Waals surface area contributed by atoms with Crippen molar-refractivity contribution in [2.45, 2.75) is 25.4 Å². The molecule has 0 amide bonds. The molecule has 1 unspecified atom stereocenters. The van der Waals surface area contributed by atoms with Crippen LogP contribution in [0.3, 0.4) is 0 Å². The Bertz CT molecular complexity index is 356. The minimum atomic E-state index is -4.50. The van der Waals surface area contributed by atoms with Crippen molar-refractivity contribution in [3.8, 4) is 0 Å². The highest BCUT2D eigenvalue weighted by molar-refractivity contribution is 7.10. The zero-order valence-electron chi connectivity index (χ0n) is 7.84. The van der Waals surface area contributed by atoms with Crippen LogP contribution in [0.4, 0.5) is 13.2 Å². The Morgan fingerprint density at radius 2 is 2.20 bits per heavy atom. The summed E-state index contributed by atoms with van der Waals surface area (Å²) in [7, 11) is 0. The Morgan fingerprint density at radius 1 is 1.60 bits per heavy atom. The van der Waals surface area contributed by atoms with Crippen LogP contribution in [0.25, 0.3) is 0 Å². The van der Waals surface area contributed by atoms with Gasteiger partial charge < -0.3 is 5.11 Å². The van der Waals surface area contributed by atoms with Crippen molar-refractivity contribution in [3.63, 3.8) is 0 Å². The predicted octanol–water partition coefficient (Wildman–Crippen LogP) is 3.18. The highest BCUT2D eigenvalue weighted by atomic mass is 32.1. The normalized spacial score (nSPS) is 13.9. The van der Waals surface area contributed by atoms with E-state index in [-0.39, 0.29) is 4.88 Å². The fourth-order valence-electron chi connectivity index (χ4n) is 1.19. The van der Waals surface area contributed by atoms with Gasteiger partial charge in [-0.25, -0.2) is 0 Å². The molecule has 0 spiro atoms. The largest absolute Gasteiger partial charge is 0.481 e. The van der Waals surface area contributed by atoms with Crippen molar-refractivity contribution in [3.05, 3.63) is 21.9 Å². The fraction of sp³-hybridized carbons (Fsp3) is 0.444. The average Bonchev–Trinajstić information content (AvgIpc) is 2.45. The predicted molar refractivity (Wildman–Crippen MR) is 50.1 cm³/mol. The lowest BCUT2D eigenvalue weighted by Gasteiger charge is -2.16. The fourth-order valence-corrected chi connectivity index (χ4v) is 2.21. The van der Waals surface area contributed by atoms with Gasteiger partial charge in [0.1, 0.15) is 0 Å². The van der Waals surface area contributed by atoms with Gasteiger partial charge in [-0.1, -0.05) is 0 Å². The summed E-state index contributed by atoms with van der Waals surface area (Å²) in [4.78, 5) is 10.4. The van der Waals surface area contributed by atoms with Gasteiger partial charge in [0.15, 0.2) is 0 Å². The molecule has 1 aromatic heterocycles. The zero-order chi connectivity index (χ0) is 11.6. The van der Waals surface area contributed by atoms with Gasteiger partial charge >= 0.3 is 12.1 Å². The van der Waals surface area contributed by atoms with Crippen LogP contribution in [-0.4, -0.2) is 17.3 Å². The first-order chi connectivity index (χ1) is 6.80. The number of halogens is 3. The quantitative estimate of drug-likeness (QED) is 0.878. The number of aliphatic carboxylic acids is 1. The molecule has 1 rings (SSSR count). The number of carboxylic acid groups (broad SMARTS) is 1. The molecule has 0 radical (unpaired) electrons. The molecule has 0 saturated heterocycles. The van der Waals surface area contributed by atoms with E-state index < -0.39 is 24.5 Å². The van der Waals surface area contributed by atoms with Crippen LogP contribution in [0.5, 0.6) is 0 Å². The Balaban J connectivity index is 2.96. The lowest BCUT2D eigenvalue weighted by atomic mass is 10.0. The first-order valence-corrected chi connectivity index (χ1v) is 5.02. The maximum Gasteiger partial charge on any atom is 0.397 e. The van der Waals surface area contributed by atoms with Crippen molar-refractivity contribution in [2.75, 3.05) is 0 Å². The van der Waals surface area contributed by atoms with E-state index in [1.54, 1.807) is 12.3 Å². The van der Waals surface area contributed by atoms with E-state index in [0.717, 1.165) is 16.9 Å². The second-order valence-corrected chi connectivity index (χ2v) is 4.16. The molecule has 1 atom stereocenters. The van der Waals surface area contributed by atoms with E-state index in [4.69, 9.17) is 5.11 Å². The number of hydrogen-bond donors (Lipinski definition) is 1. The van der Waals surface area contributed by atoms with Gasteiger partial charge in [-0.3, -0.25) is 4.79 Å². The van der Waals surface area contributed by atoms with Gasteiger partial charge in [0.05, 0.1) is 12.3 Å². The van der Waals surface area contributed by atoms with E-state index in [0.29, 0.717) is 0 Å². The summed E-state index contributed by atoms with van der Waals surface area (Å²) in [6.07, 6.45) is -5.42. The molecule has 84 valence electrons. The van der Waals surface area contributed by atoms with Crippen LogP contribution >= 0.6 is 11.3 Å². The first kappa shape index (κ1) is 12.0. The number of thiophene rings is 1. The molecular formula is C9H9F3O2S. The zero-order valence-corrected chi connectivity index (χ0v) is 8.65. The molecule has 0 fully saturated rings. The minimum absolute atomic E-state index is 0.0578. The topological polar surface area (TPSA) is 37.3 Å². The highest BCUT2D eigenvalue weighted by Gasteiger charge is 2.42. The third kappa shape index (κ3) is 3.23. The molecule has 0 bridgehead atoms. The van der Waals surface area contributed by atoms with Gasteiger partial charge in [0.2, 0.25) is 0 Å². The summed E-state index contributed by atoms with van der Waals surface area (Å²) in [5.41, 5.74) is 0.717. The SMILES string of the molecule is Cc1csc(C(CC(=O)O)C(F)(F)F)c1. The van der Waals surface area contributed by atoms with Crippen LogP contribution in [-0.2, 0) is 4.79 Å². The monoisotopic (exact) mass is 238 g/mol. The molecule has 1 N–H and O–H groups in total. The maximum absolute atomic E-state index is 12.5. The number of alkyl halides is 3. The van der Waals surface area contributed by atoms with Crippen molar-refractivity contribution in [1.29, 1.82) is 0 Å². The summed E-state index contributed by atoms with van der Waals surface area (Å²) >= 11 is 0.943. The Kier molecular flexibility index (Phi) is 3.38. The van der Waals surface area contributed by atoms with Crippen molar-refractivity contribution in [1.82, 2.24) is 0 Å². The van der Waals surface area contributed by atoms with E-state index in [9.17, 15) is 18.0 Å². The maximum atomic E-state index is 12.5. The third-order valence-electron chi connectivity index (χ3n) is 1.87. The molecule has 0 aliphatic carbocycles. The molecule has 0 aliphatic heterocycles. The van der Waals surface area contributed by atoms with Gasteiger partial charge in [-0.15, -0.1) is 11.3 Å². The van der Waals surface area contributed by atoms with Crippen molar-refractivity contribution in [2.24, 2.45) is 0 Å². The van der Waals surface area contributed by atoms with Gasteiger partial charge in [0.25, 0.3) is 0 Å². The summed E-state index contributed by atoms with van der Waals surface area (Å²) in [5.74, 6) is -3.34. The first-order valence-electron chi connectivity index (χ1n) is 4.14. The third-order valence-corrected chi connectivity index (χ3v) is 3.03. The molecule has 1 heterocycles. The standard InChI is InChI=1S/C9H9F3O2S/c1-5-2-7(15-4-5)6(3-8(13)14)9(10,11)12/h2,4,6H,3H2,1H3,(H,13,14). The van der Waals surface area contributed by atoms with Crippen LogP contribution < -0.4 is 0 Å². The Hall–Kier alpha value is -1.04. The molecule has 15 heavy (non-hydrogen) atoms. The smallest absolute Gasteiger partial charge is 0.397 e. The molecule has 1 aromatic rings. The molecule has 6 heteroatoms. The summed E-state index contributed by atoms with van der Waals surface area (Å²) < 4.78 is 37.6. The van der Waals surface area contributed by atoms with Crippen LogP contribution in [0, 0.1) is 6.92 Å². The molecule has 0 aromatic carbocycles. The van der Waals surface area contributed by atoms with E-state index in [2.05, 4.69) is 0 Å². The molecule has 0 saturated carbocycles. The molecule has 2 nitrogen and oxygen atoms in total. The van der Waals surface area contributed by atoms with Gasteiger partial charge in [0, 0.05) is 4.88 Å². The lowest BCUT2D eigenvalue weighted by Crippen LogP contribution is -2.22. The summed E-state index contributed by atoms with van der Waals surface area (Å²) in [6.45, 7) is 1.67. The summed E-state index contributed by atoms with van der Waals surface area (Å²) in [5, 5.41) is 10.00. The highest BCUT2D eigenvalue weighted by Crippen LogP contribution is 2.39. The van der Waals surface area contributed by atoms with Crippen LogP contribution in [0.2, 0.25) is 0 Å². The number of carboxylic acids is 1. The van der Waals surface area contributed by atoms with Gasteiger partial charge in [-0.2, -0.15) is 13.2 Å². The molecular weight excluding hydrogens is 229 g/mol. The Labute approximate surface area is 88.3 Å². The Morgan fingerprint density at radius 3 is 2.53 bits per heavy atom. The number of rotatable bonds is 3. The van der Waals surface area contributed by atoms with Crippen LogP contribution in [0.15, 0.2) is 11.4 Å². The van der Waals surface area contributed by atoms with Crippen molar-refractivity contribution < 1.29 is 23.1 Å². The minimum Gasteiger partial charge on any atom is -0.481 e. The van der Waals surface area contributed by atoms with E-state index >= 15 is 0 Å². The van der Waals surface area contributed by atoms with Crippen LogP contribution in [0.1, 0.15) is 22.8 Å². The number of hydrogen-bond acceptors (Lipinski definition) is 2. The lowest BCUT2D eigenvalue weighted by molar-refractivity contribution is -0.162. The number of aryl methyl sites for hydroxylation is 1. The van der Waals surface area contributed by atoms with E-state index in [1.165, 1.54) is 6.07 Å².